The first-order valence-corrected chi connectivity index (χ1v) is 26.5. The summed E-state index contributed by atoms with van der Waals surface area (Å²) in [6.07, 6.45) is 4.64. The highest BCUT2D eigenvalue weighted by Crippen LogP contribution is 2.35. The molecule has 0 radical (unpaired) electrons. The van der Waals surface area contributed by atoms with Crippen molar-refractivity contribution in [3.63, 3.8) is 0 Å². The minimum absolute atomic E-state index is 0.0198. The summed E-state index contributed by atoms with van der Waals surface area (Å²) >= 11 is 7.87. The second kappa shape index (κ2) is 25.5. The summed E-state index contributed by atoms with van der Waals surface area (Å²) < 4.78 is 23.5. The molecular weight excluding hydrogens is 980 g/mol. The lowest BCUT2D eigenvalue weighted by atomic mass is 9.78. The number of benzene rings is 3. The summed E-state index contributed by atoms with van der Waals surface area (Å²) in [6, 6.07) is 23.3. The molecule has 4 N–H and O–H groups in total. The van der Waals surface area contributed by atoms with E-state index >= 15 is 0 Å². The molecule has 18 heteroatoms. The van der Waals surface area contributed by atoms with Gasteiger partial charge in [-0.05, 0) is 104 Å². The highest BCUT2D eigenvalue weighted by Gasteiger charge is 2.45. The minimum atomic E-state index is -0.969. The topological polar surface area (TPSA) is 210 Å². The molecule has 1 saturated heterocycles. The molecule has 74 heavy (non-hydrogen) atoms. The molecule has 3 amide bonds. The molecule has 7 rings (SSSR count). The van der Waals surface area contributed by atoms with Gasteiger partial charge >= 0.3 is 0 Å². The molecule has 1 saturated carbocycles. The van der Waals surface area contributed by atoms with Crippen LogP contribution in [0.2, 0.25) is 5.02 Å². The Balaban J connectivity index is 0.758. The number of rotatable bonds is 22. The maximum atomic E-state index is 14.1. The Morgan fingerprint density at radius 3 is 2.31 bits per heavy atom. The molecule has 2 aromatic heterocycles. The van der Waals surface area contributed by atoms with Crippen molar-refractivity contribution in [1.29, 1.82) is 5.26 Å². The normalized spacial score (nSPS) is 18.8. The Kier molecular flexibility index (Phi) is 19.2. The average Bonchev–Trinajstić information content (AvgIpc) is 4.00. The Morgan fingerprint density at radius 2 is 1.62 bits per heavy atom. The Hall–Kier alpha value is -6.00. The van der Waals surface area contributed by atoms with Crippen LogP contribution in [0.15, 0.2) is 84.5 Å². The van der Waals surface area contributed by atoms with Gasteiger partial charge in [0, 0.05) is 35.6 Å². The molecule has 1 aliphatic carbocycles. The molecule has 1 aliphatic heterocycles. The lowest BCUT2D eigenvalue weighted by molar-refractivity contribution is -0.144. The molecule has 2 fully saturated rings. The van der Waals surface area contributed by atoms with E-state index in [0.717, 1.165) is 64.2 Å². The van der Waals surface area contributed by atoms with E-state index in [1.165, 1.54) is 4.90 Å². The van der Waals surface area contributed by atoms with Gasteiger partial charge in [0.05, 0.1) is 78.1 Å². The van der Waals surface area contributed by atoms with E-state index in [0.29, 0.717) is 35.5 Å². The van der Waals surface area contributed by atoms with Crippen LogP contribution in [0.5, 0.6) is 5.75 Å². The van der Waals surface area contributed by atoms with Gasteiger partial charge in [0.25, 0.3) is 0 Å². The van der Waals surface area contributed by atoms with Crippen molar-refractivity contribution in [2.24, 2.45) is 5.41 Å². The third-order valence-electron chi connectivity index (χ3n) is 13.7. The van der Waals surface area contributed by atoms with Crippen LogP contribution in [0, 0.1) is 23.7 Å². The van der Waals surface area contributed by atoms with E-state index < -0.39 is 35.4 Å². The van der Waals surface area contributed by atoms with E-state index in [1.54, 1.807) is 23.6 Å². The standard InChI is InChI=1S/C56H69ClN8O8S/c1-35(38-8-10-39(11-9-38)50-36(2)60-34-74-50)61-52(68)48-29-45(66)31-65(48)53(69)51(55(3,4)5)64-49(67)33-71-23-22-70-24-25-72-46-18-14-43(15-19-46)62-54-59-21-20-44(63-54)32-73-47-16-12-40(13-17-47)56(6,7)41-26-37(30-58)27-42(57)28-41/h8-13,16-17,20-21,26-28,34-35,43,45-46,48,51,66H,14-15,18-19,22-25,29,31-33H2,1-7H3,(H,61,68)(H,64,67)(H,59,62,63)/t35-,43?,45-,46?,48+,51-/m1/s1. The summed E-state index contributed by atoms with van der Waals surface area (Å²) in [5.41, 5.74) is 6.96. The number of aryl methyl sites for hydroxylation is 1. The number of thiazole rings is 1. The maximum absolute atomic E-state index is 14.1. The van der Waals surface area contributed by atoms with Crippen LogP contribution in [-0.4, -0.2) is 113 Å². The summed E-state index contributed by atoms with van der Waals surface area (Å²) in [4.78, 5) is 56.8. The molecule has 3 aromatic carbocycles. The van der Waals surface area contributed by atoms with E-state index in [-0.39, 0.29) is 68.9 Å². The van der Waals surface area contributed by atoms with Crippen molar-refractivity contribution in [2.75, 3.05) is 44.9 Å². The SMILES string of the molecule is Cc1ncsc1-c1ccc([C@@H](C)NC(=O)[C@@H]2C[C@@H](O)CN2C(=O)[C@@H](NC(=O)COCCOCCOC2CCC(Nc3nccc(COc4ccc(C(C)(C)c5cc(Cl)cc(C#N)c5)cc4)n3)CC2)C(C)(C)C)cc1. The minimum Gasteiger partial charge on any atom is -0.487 e. The number of β-amino-alcohol motifs (C(OH)–C–C–N with tert-alkyl or cyclic N) is 1. The highest BCUT2D eigenvalue weighted by atomic mass is 35.5. The van der Waals surface area contributed by atoms with Crippen LogP contribution in [0.4, 0.5) is 5.95 Å². The molecule has 3 heterocycles. The van der Waals surface area contributed by atoms with E-state index in [2.05, 4.69) is 45.8 Å². The molecule has 0 unspecified atom stereocenters. The van der Waals surface area contributed by atoms with Crippen LogP contribution < -0.4 is 20.7 Å². The third-order valence-corrected chi connectivity index (χ3v) is 14.9. The Morgan fingerprint density at radius 1 is 0.905 bits per heavy atom. The number of amides is 3. The van der Waals surface area contributed by atoms with Gasteiger partial charge in [0.2, 0.25) is 23.7 Å². The first-order chi connectivity index (χ1) is 35.4. The van der Waals surface area contributed by atoms with Crippen molar-refractivity contribution < 1.29 is 38.4 Å². The predicted molar refractivity (Wildman–Crippen MR) is 285 cm³/mol. The number of carbonyl (C=O) groups excluding carboxylic acids is 3. The quantitative estimate of drug-likeness (QED) is 0.0480. The van der Waals surface area contributed by atoms with Crippen molar-refractivity contribution >= 4 is 46.6 Å². The number of likely N-dealkylation sites (tertiary alicyclic amines) is 1. The van der Waals surface area contributed by atoms with Crippen LogP contribution in [0.25, 0.3) is 10.4 Å². The van der Waals surface area contributed by atoms with Gasteiger partial charge in [-0.2, -0.15) is 5.26 Å². The van der Waals surface area contributed by atoms with E-state index in [9.17, 15) is 24.8 Å². The molecule has 394 valence electrons. The number of nitrogens with one attached hydrogen (secondary N) is 3. The van der Waals surface area contributed by atoms with Crippen LogP contribution in [0.3, 0.4) is 0 Å². The number of carbonyl (C=O) groups is 3. The fraction of sp³-hybridized carbons (Fsp3) is 0.482. The van der Waals surface area contributed by atoms with E-state index in [1.807, 2.05) is 107 Å². The fourth-order valence-corrected chi connectivity index (χ4v) is 10.3. The van der Waals surface area contributed by atoms with Gasteiger partial charge in [-0.25, -0.2) is 15.0 Å². The number of aliphatic hydroxyl groups is 1. The van der Waals surface area contributed by atoms with Crippen molar-refractivity contribution in [2.45, 2.75) is 129 Å². The summed E-state index contributed by atoms with van der Waals surface area (Å²) in [6.45, 7) is 14.8. The molecule has 0 bridgehead atoms. The van der Waals surface area contributed by atoms with Gasteiger partial charge in [0.1, 0.15) is 31.0 Å². The van der Waals surface area contributed by atoms with Gasteiger partial charge < -0.3 is 44.9 Å². The van der Waals surface area contributed by atoms with Crippen molar-refractivity contribution in [1.82, 2.24) is 30.5 Å². The van der Waals surface area contributed by atoms with Gasteiger partial charge in [0.15, 0.2) is 0 Å². The number of aromatic nitrogens is 3. The highest BCUT2D eigenvalue weighted by molar-refractivity contribution is 7.13. The smallest absolute Gasteiger partial charge is 0.246 e. The second-order valence-electron chi connectivity index (χ2n) is 20.7. The summed E-state index contributed by atoms with van der Waals surface area (Å²) in [5, 5.41) is 29.9. The molecule has 4 atom stereocenters. The lowest BCUT2D eigenvalue weighted by Crippen LogP contribution is -2.58. The van der Waals surface area contributed by atoms with Crippen LogP contribution in [0.1, 0.15) is 113 Å². The maximum Gasteiger partial charge on any atom is 0.246 e. The molecular formula is C56H69ClN8O8S. The number of hydrogen-bond acceptors (Lipinski definition) is 14. The molecule has 2 aliphatic rings. The zero-order valence-electron chi connectivity index (χ0n) is 43.4. The number of halogens is 1. The fourth-order valence-electron chi connectivity index (χ4n) is 9.29. The third kappa shape index (κ3) is 15.1. The number of nitrogens with zero attached hydrogens (tertiary/aromatic N) is 5. The van der Waals surface area contributed by atoms with Crippen molar-refractivity contribution in [3.05, 3.63) is 123 Å². The zero-order valence-corrected chi connectivity index (χ0v) is 44.9. The molecule has 0 spiro atoms. The Labute approximate surface area is 443 Å². The van der Waals surface area contributed by atoms with Gasteiger partial charge in [-0.15, -0.1) is 11.3 Å². The van der Waals surface area contributed by atoms with Crippen LogP contribution >= 0.6 is 22.9 Å². The number of hydrogen-bond donors (Lipinski definition) is 4. The number of ether oxygens (including phenoxy) is 4. The van der Waals surface area contributed by atoms with E-state index in [4.69, 9.17) is 35.5 Å². The first kappa shape index (κ1) is 55.7. The number of aliphatic hydroxyl groups excluding tert-OH is 1. The number of anilines is 1. The van der Waals surface area contributed by atoms with Crippen molar-refractivity contribution in [3.8, 4) is 22.3 Å². The monoisotopic (exact) mass is 1050 g/mol. The summed E-state index contributed by atoms with van der Waals surface area (Å²) in [7, 11) is 0. The molecule has 16 nitrogen and oxygen atoms in total. The number of nitriles is 1. The largest absolute Gasteiger partial charge is 0.487 e. The van der Waals surface area contributed by atoms with Crippen LogP contribution in [-0.2, 0) is 40.6 Å². The second-order valence-corrected chi connectivity index (χ2v) is 22.0. The zero-order chi connectivity index (χ0) is 53.0. The predicted octanol–water partition coefficient (Wildman–Crippen LogP) is 8.48. The average molecular weight is 1050 g/mol. The van der Waals surface area contributed by atoms with Gasteiger partial charge in [-0.3, -0.25) is 14.4 Å². The Bertz CT molecular complexity index is 2720. The summed E-state index contributed by atoms with van der Waals surface area (Å²) in [5.74, 6) is -0.0107. The van der Waals surface area contributed by atoms with Gasteiger partial charge in [-0.1, -0.05) is 82.6 Å². The first-order valence-electron chi connectivity index (χ1n) is 25.3. The lowest BCUT2D eigenvalue weighted by Gasteiger charge is -2.35. The molecule has 5 aromatic rings.